The van der Waals surface area contributed by atoms with Gasteiger partial charge in [-0.3, -0.25) is 0 Å². The second-order valence-corrected chi connectivity index (χ2v) is 10.6. The van der Waals surface area contributed by atoms with Crippen molar-refractivity contribution in [2.75, 3.05) is 19.8 Å². The van der Waals surface area contributed by atoms with E-state index < -0.39 is 5.60 Å². The third-order valence-corrected chi connectivity index (χ3v) is 8.55. The highest BCUT2D eigenvalue weighted by atomic mass is 16.5. The second-order valence-electron chi connectivity index (χ2n) is 10.6. The van der Waals surface area contributed by atoms with Crippen molar-refractivity contribution in [3.05, 3.63) is 85.5 Å². The van der Waals surface area contributed by atoms with Gasteiger partial charge in [-0.15, -0.1) is 0 Å². The Kier molecular flexibility index (Phi) is 7.64. The van der Waals surface area contributed by atoms with Crippen molar-refractivity contribution >= 4 is 0 Å². The molecule has 1 aliphatic heterocycles. The summed E-state index contributed by atoms with van der Waals surface area (Å²) < 4.78 is 25.4. The van der Waals surface area contributed by atoms with Crippen LogP contribution in [0.2, 0.25) is 0 Å². The van der Waals surface area contributed by atoms with Gasteiger partial charge in [-0.25, -0.2) is 0 Å². The van der Waals surface area contributed by atoms with Gasteiger partial charge in [0.1, 0.15) is 48.4 Å². The monoisotopic (exact) mass is 500 g/mol. The fourth-order valence-electron chi connectivity index (χ4n) is 7.16. The van der Waals surface area contributed by atoms with Crippen LogP contribution in [0, 0.1) is 5.92 Å². The van der Waals surface area contributed by atoms with Crippen LogP contribution in [0.15, 0.2) is 74.4 Å². The first-order valence-electron chi connectivity index (χ1n) is 13.9. The van der Waals surface area contributed by atoms with Crippen LogP contribution >= 0.6 is 0 Å². The molecule has 37 heavy (non-hydrogen) atoms. The number of hydrogen-bond donors (Lipinski definition) is 0. The molecule has 2 atom stereocenters. The molecule has 0 saturated heterocycles. The molecular weight excluding hydrogens is 460 g/mol. The molecule has 196 valence electrons. The summed E-state index contributed by atoms with van der Waals surface area (Å²) in [6.45, 7) is 12.8. The molecule has 0 bridgehead atoms. The SMILES string of the molecule is C=CCOc1ccc2c(c1)O[C@]1(c3ccc(OCC=C)cc3OCC=C)CCCC[C@@H]1C21CCCCC1. The normalized spacial score (nSPS) is 23.6. The maximum Gasteiger partial charge on any atom is 0.141 e. The van der Waals surface area contributed by atoms with E-state index in [1.165, 1.54) is 44.1 Å². The average Bonchev–Trinajstić information content (AvgIpc) is 2.94. The Balaban J connectivity index is 1.67. The van der Waals surface area contributed by atoms with Gasteiger partial charge >= 0.3 is 0 Å². The lowest BCUT2D eigenvalue weighted by Gasteiger charge is -2.58. The lowest BCUT2D eigenvalue weighted by Crippen LogP contribution is -2.57. The zero-order chi connectivity index (χ0) is 25.7. The summed E-state index contributed by atoms with van der Waals surface area (Å²) in [4.78, 5) is 0. The van der Waals surface area contributed by atoms with Gasteiger partial charge in [0.05, 0.1) is 0 Å². The maximum absolute atomic E-state index is 7.23. The highest BCUT2D eigenvalue weighted by molar-refractivity contribution is 5.53. The van der Waals surface area contributed by atoms with Crippen LogP contribution < -0.4 is 18.9 Å². The van der Waals surface area contributed by atoms with E-state index in [4.69, 9.17) is 18.9 Å². The zero-order valence-corrected chi connectivity index (χ0v) is 22.0. The molecule has 4 nitrogen and oxygen atoms in total. The van der Waals surface area contributed by atoms with Gasteiger partial charge in [0, 0.05) is 34.6 Å². The van der Waals surface area contributed by atoms with Crippen LogP contribution in [0.4, 0.5) is 0 Å². The lowest BCUT2D eigenvalue weighted by atomic mass is 9.51. The third kappa shape index (κ3) is 4.67. The van der Waals surface area contributed by atoms with Crippen molar-refractivity contribution in [1.29, 1.82) is 0 Å². The molecule has 2 aliphatic carbocycles. The molecule has 1 spiro atoms. The Labute approximate surface area is 222 Å². The summed E-state index contributed by atoms with van der Waals surface area (Å²) in [6, 6.07) is 12.7. The Hall–Kier alpha value is -3.14. The van der Waals surface area contributed by atoms with Crippen molar-refractivity contribution in [3.63, 3.8) is 0 Å². The third-order valence-electron chi connectivity index (χ3n) is 8.55. The summed E-state index contributed by atoms with van der Waals surface area (Å²) in [5.74, 6) is 3.76. The summed E-state index contributed by atoms with van der Waals surface area (Å²) >= 11 is 0. The summed E-state index contributed by atoms with van der Waals surface area (Å²) in [7, 11) is 0. The molecule has 0 N–H and O–H groups in total. The van der Waals surface area contributed by atoms with Crippen molar-refractivity contribution < 1.29 is 18.9 Å². The van der Waals surface area contributed by atoms with E-state index in [9.17, 15) is 0 Å². The van der Waals surface area contributed by atoms with Gasteiger partial charge < -0.3 is 18.9 Å². The Morgan fingerprint density at radius 2 is 1.35 bits per heavy atom. The molecule has 2 aromatic rings. The fraction of sp³-hybridized carbons (Fsp3) is 0.455. The standard InChI is InChI=1S/C33H40O4/c1-4-20-34-25-14-16-28(29(23-25)36-22-6-3)33-19-11-8-12-31(33)32(17-9-7-10-18-32)27-15-13-26(35-21-5-2)24-30(27)37-33/h4-6,13-16,23-24,31H,1-3,7-12,17-22H2/t31-,33+/m1/s1. The molecule has 5 rings (SSSR count). The van der Waals surface area contributed by atoms with E-state index in [0.717, 1.165) is 47.8 Å². The van der Waals surface area contributed by atoms with Crippen LogP contribution in [-0.4, -0.2) is 19.8 Å². The van der Waals surface area contributed by atoms with Gasteiger partial charge in [0.2, 0.25) is 0 Å². The predicted molar refractivity (Wildman–Crippen MR) is 149 cm³/mol. The van der Waals surface area contributed by atoms with E-state index in [-0.39, 0.29) is 5.41 Å². The molecule has 1 heterocycles. The average molecular weight is 501 g/mol. The number of rotatable bonds is 10. The van der Waals surface area contributed by atoms with Crippen molar-refractivity contribution in [2.24, 2.45) is 5.92 Å². The highest BCUT2D eigenvalue weighted by Gasteiger charge is 2.59. The largest absolute Gasteiger partial charge is 0.489 e. The maximum atomic E-state index is 7.23. The number of benzene rings is 2. The number of fused-ring (bicyclic) bond motifs is 4. The van der Waals surface area contributed by atoms with E-state index in [0.29, 0.717) is 25.7 Å². The number of hydrogen-bond acceptors (Lipinski definition) is 4. The molecule has 2 aromatic carbocycles. The topological polar surface area (TPSA) is 36.9 Å². The first-order chi connectivity index (χ1) is 18.2. The quantitative estimate of drug-likeness (QED) is 0.309. The molecule has 2 saturated carbocycles. The molecule has 0 amide bonds. The fourth-order valence-corrected chi connectivity index (χ4v) is 7.16. The van der Waals surface area contributed by atoms with E-state index in [2.05, 4.69) is 50.1 Å². The minimum absolute atomic E-state index is 0.0942. The molecule has 0 aromatic heterocycles. The Morgan fingerprint density at radius 3 is 2.05 bits per heavy atom. The van der Waals surface area contributed by atoms with Gasteiger partial charge in [-0.05, 0) is 50.3 Å². The second kappa shape index (κ2) is 11.1. The predicted octanol–water partition coefficient (Wildman–Crippen LogP) is 8.06. The van der Waals surface area contributed by atoms with E-state index in [1.54, 1.807) is 18.2 Å². The molecule has 4 heteroatoms. The molecule has 0 unspecified atom stereocenters. The lowest BCUT2D eigenvalue weighted by molar-refractivity contribution is -0.0961. The van der Waals surface area contributed by atoms with E-state index in [1.807, 2.05) is 6.07 Å². The Bertz CT molecular complexity index is 1130. The smallest absolute Gasteiger partial charge is 0.141 e. The van der Waals surface area contributed by atoms with Gasteiger partial charge in [0.15, 0.2) is 0 Å². The summed E-state index contributed by atoms with van der Waals surface area (Å²) in [6.07, 6.45) is 16.0. The number of ether oxygens (including phenoxy) is 4. The summed E-state index contributed by atoms with van der Waals surface area (Å²) in [5.41, 5.74) is 2.11. The minimum Gasteiger partial charge on any atom is -0.489 e. The minimum atomic E-state index is -0.465. The van der Waals surface area contributed by atoms with Gasteiger partial charge in [-0.1, -0.05) is 69.7 Å². The molecule has 2 fully saturated rings. The van der Waals surface area contributed by atoms with Crippen LogP contribution in [0.1, 0.15) is 68.9 Å². The van der Waals surface area contributed by atoms with Crippen LogP contribution in [0.5, 0.6) is 23.0 Å². The van der Waals surface area contributed by atoms with Crippen LogP contribution in [0.3, 0.4) is 0 Å². The molecule has 3 aliphatic rings. The van der Waals surface area contributed by atoms with Crippen molar-refractivity contribution in [2.45, 2.75) is 68.8 Å². The molecular formula is C33H40O4. The van der Waals surface area contributed by atoms with Crippen molar-refractivity contribution in [1.82, 2.24) is 0 Å². The van der Waals surface area contributed by atoms with Gasteiger partial charge in [0.25, 0.3) is 0 Å². The zero-order valence-electron chi connectivity index (χ0n) is 22.0. The Morgan fingerprint density at radius 1 is 0.730 bits per heavy atom. The van der Waals surface area contributed by atoms with Gasteiger partial charge in [-0.2, -0.15) is 0 Å². The summed E-state index contributed by atoms with van der Waals surface area (Å²) in [5, 5.41) is 0. The first kappa shape index (κ1) is 25.5. The van der Waals surface area contributed by atoms with Crippen LogP contribution in [-0.2, 0) is 11.0 Å². The molecule has 0 radical (unpaired) electrons. The van der Waals surface area contributed by atoms with Crippen LogP contribution in [0.25, 0.3) is 0 Å². The van der Waals surface area contributed by atoms with Crippen molar-refractivity contribution in [3.8, 4) is 23.0 Å². The van der Waals surface area contributed by atoms with E-state index >= 15 is 0 Å². The first-order valence-corrected chi connectivity index (χ1v) is 13.9. The highest BCUT2D eigenvalue weighted by Crippen LogP contribution is 2.64.